The first-order valence-electron chi connectivity index (χ1n) is 9.92. The van der Waals surface area contributed by atoms with Gasteiger partial charge < -0.3 is 9.15 Å². The van der Waals surface area contributed by atoms with Gasteiger partial charge in [0.05, 0.1) is 0 Å². The second kappa shape index (κ2) is 7.53. The van der Waals surface area contributed by atoms with E-state index in [1.165, 1.54) is 10.8 Å². The first-order valence-corrected chi connectivity index (χ1v) is 9.92. The van der Waals surface area contributed by atoms with Gasteiger partial charge in [-0.2, -0.15) is 0 Å². The maximum absolute atomic E-state index is 12.2. The maximum Gasteiger partial charge on any atom is 0.336 e. The highest BCUT2D eigenvalue weighted by atomic mass is 16.5. The van der Waals surface area contributed by atoms with Gasteiger partial charge in [0.2, 0.25) is 0 Å². The lowest BCUT2D eigenvalue weighted by Gasteiger charge is -2.13. The van der Waals surface area contributed by atoms with Crippen LogP contribution in [0, 0.1) is 6.92 Å². The highest BCUT2D eigenvalue weighted by Crippen LogP contribution is 2.33. The van der Waals surface area contributed by atoms with Crippen molar-refractivity contribution in [1.82, 2.24) is 0 Å². The van der Waals surface area contributed by atoms with E-state index in [2.05, 4.69) is 30.3 Å². The number of ether oxygens (including phenoxy) is 1. The molecule has 0 fully saturated rings. The summed E-state index contributed by atoms with van der Waals surface area (Å²) in [6.07, 6.45) is 0. The molecule has 0 bridgehead atoms. The molecule has 0 spiro atoms. The van der Waals surface area contributed by atoms with E-state index in [-0.39, 0.29) is 5.63 Å². The highest BCUT2D eigenvalue weighted by molar-refractivity contribution is 5.95. The molecule has 5 aromatic rings. The number of hydrogen-bond acceptors (Lipinski definition) is 3. The number of aryl methyl sites for hydroxylation is 1. The first-order chi connectivity index (χ1) is 14.7. The smallest absolute Gasteiger partial charge is 0.336 e. The largest absolute Gasteiger partial charge is 0.488 e. The van der Waals surface area contributed by atoms with Crippen molar-refractivity contribution >= 4 is 21.7 Å². The van der Waals surface area contributed by atoms with Crippen molar-refractivity contribution in [1.29, 1.82) is 0 Å². The fourth-order valence-electron chi connectivity index (χ4n) is 3.85. The van der Waals surface area contributed by atoms with Gasteiger partial charge in [0.25, 0.3) is 0 Å². The molecule has 146 valence electrons. The van der Waals surface area contributed by atoms with Crippen LogP contribution in [0.1, 0.15) is 11.1 Å². The van der Waals surface area contributed by atoms with Gasteiger partial charge in [-0.1, -0.05) is 66.7 Å². The van der Waals surface area contributed by atoms with Gasteiger partial charge >= 0.3 is 5.63 Å². The minimum Gasteiger partial charge on any atom is -0.488 e. The zero-order valence-corrected chi connectivity index (χ0v) is 16.6. The van der Waals surface area contributed by atoms with Crippen molar-refractivity contribution in [3.8, 4) is 16.9 Å². The average Bonchev–Trinajstić information content (AvgIpc) is 2.79. The Kier molecular flexibility index (Phi) is 4.56. The molecule has 0 atom stereocenters. The van der Waals surface area contributed by atoms with Crippen LogP contribution in [0.15, 0.2) is 100 Å². The van der Waals surface area contributed by atoms with Crippen LogP contribution in [0.2, 0.25) is 0 Å². The van der Waals surface area contributed by atoms with Crippen LogP contribution < -0.4 is 10.4 Å². The molecular weight excluding hydrogens is 372 g/mol. The lowest BCUT2D eigenvalue weighted by atomic mass is 10.0. The second-order valence-corrected chi connectivity index (χ2v) is 7.38. The lowest BCUT2D eigenvalue weighted by Crippen LogP contribution is -2.01. The molecule has 0 saturated carbocycles. The summed E-state index contributed by atoms with van der Waals surface area (Å²) >= 11 is 0. The molecule has 0 radical (unpaired) electrons. The monoisotopic (exact) mass is 392 g/mol. The predicted molar refractivity (Wildman–Crippen MR) is 121 cm³/mol. The number of rotatable bonds is 4. The fraction of sp³-hybridized carbons (Fsp3) is 0.0741. The van der Waals surface area contributed by atoms with Crippen LogP contribution in [-0.2, 0) is 6.61 Å². The topological polar surface area (TPSA) is 39.4 Å². The second-order valence-electron chi connectivity index (χ2n) is 7.38. The van der Waals surface area contributed by atoms with E-state index in [4.69, 9.17) is 9.15 Å². The molecule has 0 aliphatic heterocycles. The van der Waals surface area contributed by atoms with Crippen LogP contribution in [0.5, 0.6) is 5.75 Å². The Morgan fingerprint density at radius 2 is 1.57 bits per heavy atom. The van der Waals surface area contributed by atoms with Crippen LogP contribution in [0.3, 0.4) is 0 Å². The SMILES string of the molecule is Cc1c(OCc2ccc3ccccc3c2)ccc2c(-c3ccccc3)cc(=O)oc12. The van der Waals surface area contributed by atoms with Crippen molar-refractivity contribution in [2.24, 2.45) is 0 Å². The molecule has 0 aliphatic rings. The fourth-order valence-corrected chi connectivity index (χ4v) is 3.85. The molecule has 0 unspecified atom stereocenters. The number of benzene rings is 4. The molecule has 1 aromatic heterocycles. The first kappa shape index (κ1) is 18.2. The summed E-state index contributed by atoms with van der Waals surface area (Å²) in [4.78, 5) is 12.2. The van der Waals surface area contributed by atoms with E-state index in [0.29, 0.717) is 17.9 Å². The van der Waals surface area contributed by atoms with E-state index in [1.54, 1.807) is 6.07 Å². The van der Waals surface area contributed by atoms with Crippen LogP contribution in [0.25, 0.3) is 32.9 Å². The van der Waals surface area contributed by atoms with Gasteiger partial charge in [0.15, 0.2) is 0 Å². The summed E-state index contributed by atoms with van der Waals surface area (Å²) < 4.78 is 11.7. The summed E-state index contributed by atoms with van der Waals surface area (Å²) in [5, 5.41) is 3.29. The standard InChI is InChI=1S/C27H20O3/c1-18-25(29-17-19-11-12-20-7-5-6-10-22(20)15-19)14-13-23-24(16-26(28)30-27(18)23)21-8-3-2-4-9-21/h2-16H,17H2,1H3. The summed E-state index contributed by atoms with van der Waals surface area (Å²) in [6.45, 7) is 2.37. The molecule has 30 heavy (non-hydrogen) atoms. The summed E-state index contributed by atoms with van der Waals surface area (Å²) in [5.74, 6) is 0.712. The third-order valence-corrected chi connectivity index (χ3v) is 5.40. The zero-order chi connectivity index (χ0) is 20.5. The van der Waals surface area contributed by atoms with Crippen LogP contribution in [-0.4, -0.2) is 0 Å². The van der Waals surface area contributed by atoms with Gasteiger partial charge in [0, 0.05) is 17.0 Å². The normalized spacial score (nSPS) is 11.1. The van der Waals surface area contributed by atoms with E-state index in [0.717, 1.165) is 27.6 Å². The third-order valence-electron chi connectivity index (χ3n) is 5.40. The average molecular weight is 392 g/mol. The molecule has 4 aromatic carbocycles. The minimum atomic E-state index is -0.365. The van der Waals surface area contributed by atoms with E-state index in [1.807, 2.05) is 61.5 Å². The van der Waals surface area contributed by atoms with Gasteiger partial charge in [-0.05, 0) is 52.6 Å². The quantitative estimate of drug-likeness (QED) is 0.328. The Morgan fingerprint density at radius 3 is 2.40 bits per heavy atom. The van der Waals surface area contributed by atoms with Crippen molar-refractivity contribution in [2.75, 3.05) is 0 Å². The summed E-state index contributed by atoms with van der Waals surface area (Å²) in [5.41, 5.74) is 3.97. The maximum atomic E-state index is 12.2. The lowest BCUT2D eigenvalue weighted by molar-refractivity contribution is 0.304. The molecule has 0 aliphatic carbocycles. The molecule has 0 saturated heterocycles. The summed E-state index contributed by atoms with van der Waals surface area (Å²) in [6, 6.07) is 29.9. The number of hydrogen-bond donors (Lipinski definition) is 0. The Morgan fingerprint density at radius 1 is 0.800 bits per heavy atom. The molecular formula is C27H20O3. The number of fused-ring (bicyclic) bond motifs is 2. The Hall–Kier alpha value is -3.85. The molecule has 5 rings (SSSR count). The van der Waals surface area contributed by atoms with Gasteiger partial charge in [-0.15, -0.1) is 0 Å². The molecule has 3 nitrogen and oxygen atoms in total. The zero-order valence-electron chi connectivity index (χ0n) is 16.6. The predicted octanol–water partition coefficient (Wildman–Crippen LogP) is 6.50. The molecule has 3 heteroatoms. The Labute approximate surface area is 174 Å². The van der Waals surface area contributed by atoms with Gasteiger partial charge in [-0.25, -0.2) is 4.79 Å². The highest BCUT2D eigenvalue weighted by Gasteiger charge is 2.13. The van der Waals surface area contributed by atoms with Crippen molar-refractivity contribution in [3.05, 3.63) is 113 Å². The van der Waals surface area contributed by atoms with Gasteiger partial charge in [0.1, 0.15) is 17.9 Å². The summed E-state index contributed by atoms with van der Waals surface area (Å²) in [7, 11) is 0. The third kappa shape index (κ3) is 3.35. The molecule has 0 amide bonds. The van der Waals surface area contributed by atoms with Crippen molar-refractivity contribution < 1.29 is 9.15 Å². The van der Waals surface area contributed by atoms with Crippen molar-refractivity contribution in [2.45, 2.75) is 13.5 Å². The Bertz CT molecular complexity index is 1420. The van der Waals surface area contributed by atoms with E-state index >= 15 is 0 Å². The van der Waals surface area contributed by atoms with E-state index in [9.17, 15) is 4.79 Å². The van der Waals surface area contributed by atoms with Gasteiger partial charge in [-0.3, -0.25) is 0 Å². The van der Waals surface area contributed by atoms with E-state index < -0.39 is 0 Å². The Balaban J connectivity index is 1.51. The molecule has 0 N–H and O–H groups in total. The van der Waals surface area contributed by atoms with Crippen molar-refractivity contribution in [3.63, 3.8) is 0 Å². The van der Waals surface area contributed by atoms with Crippen LogP contribution >= 0.6 is 0 Å². The minimum absolute atomic E-state index is 0.365. The molecule has 1 heterocycles. The van der Waals surface area contributed by atoms with Crippen LogP contribution in [0.4, 0.5) is 0 Å².